The molecule has 2 aromatic rings. The third-order valence-corrected chi connectivity index (χ3v) is 4.83. The van der Waals surface area contributed by atoms with E-state index in [-0.39, 0.29) is 0 Å². The van der Waals surface area contributed by atoms with Gasteiger partial charge in [0.1, 0.15) is 0 Å². The highest BCUT2D eigenvalue weighted by atomic mass is 16.5. The number of benzene rings is 1. The highest BCUT2D eigenvalue weighted by Crippen LogP contribution is 2.32. The molecule has 7 nitrogen and oxygen atoms in total. The lowest BCUT2D eigenvalue weighted by atomic mass is 9.84. The van der Waals surface area contributed by atoms with Crippen molar-refractivity contribution in [3.05, 3.63) is 41.1 Å². The summed E-state index contributed by atoms with van der Waals surface area (Å²) in [5.41, 5.74) is 3.03. The number of para-hydroxylation sites is 1. The molecule has 1 aliphatic rings. The Hall–Kier alpha value is -2.96. The second-order valence-corrected chi connectivity index (χ2v) is 6.89. The first-order valence-corrected chi connectivity index (χ1v) is 9.04. The molecule has 0 saturated carbocycles. The van der Waals surface area contributed by atoms with Crippen molar-refractivity contribution in [3.8, 4) is 0 Å². The number of aryl methyl sites for hydroxylation is 1. The van der Waals surface area contributed by atoms with Crippen molar-refractivity contribution in [2.45, 2.75) is 39.2 Å². The predicted octanol–water partition coefficient (Wildman–Crippen LogP) is 2.36. The molecule has 2 atom stereocenters. The number of rotatable bonds is 3. The monoisotopic (exact) mass is 369 g/mol. The number of carbonyl (C=O) groups is 3. The van der Waals surface area contributed by atoms with Gasteiger partial charge in [0.25, 0.3) is 5.91 Å². The van der Waals surface area contributed by atoms with E-state index in [1.165, 1.54) is 14.0 Å². The molecule has 0 spiro atoms. The van der Waals surface area contributed by atoms with E-state index < -0.39 is 24.0 Å². The molecule has 3 amide bonds. The summed E-state index contributed by atoms with van der Waals surface area (Å²) in [6, 6.07) is 6.78. The molecule has 0 aliphatic heterocycles. The summed E-state index contributed by atoms with van der Waals surface area (Å²) in [5, 5.41) is 5.12. The largest absolute Gasteiger partial charge is 0.449 e. The molecule has 0 radical (unpaired) electrons. The molecule has 27 heavy (non-hydrogen) atoms. The SMILES string of the molecule is CNC(=O)NC(=O)[C@@H](C)OC(=O)c1c2c(nc3ccccc13)CC[C@H](C)C2. The van der Waals surface area contributed by atoms with E-state index in [0.29, 0.717) is 16.9 Å². The number of carbonyl (C=O) groups excluding carboxylic acids is 3. The smallest absolute Gasteiger partial charge is 0.339 e. The lowest BCUT2D eigenvalue weighted by Crippen LogP contribution is -2.43. The minimum absolute atomic E-state index is 0.445. The van der Waals surface area contributed by atoms with E-state index in [4.69, 9.17) is 9.72 Å². The molecule has 0 bridgehead atoms. The highest BCUT2D eigenvalue weighted by Gasteiger charge is 2.28. The fourth-order valence-electron chi connectivity index (χ4n) is 3.34. The van der Waals surface area contributed by atoms with Crippen LogP contribution in [0.15, 0.2) is 24.3 Å². The van der Waals surface area contributed by atoms with E-state index in [9.17, 15) is 14.4 Å². The van der Waals surface area contributed by atoms with Gasteiger partial charge in [-0.25, -0.2) is 9.59 Å². The zero-order valence-electron chi connectivity index (χ0n) is 15.7. The summed E-state index contributed by atoms with van der Waals surface area (Å²) < 4.78 is 5.39. The molecule has 0 fully saturated rings. The van der Waals surface area contributed by atoms with Crippen molar-refractivity contribution in [1.29, 1.82) is 0 Å². The number of aromatic nitrogens is 1. The average molecular weight is 369 g/mol. The number of hydrogen-bond donors (Lipinski definition) is 2. The lowest BCUT2D eigenvalue weighted by molar-refractivity contribution is -0.127. The third kappa shape index (κ3) is 3.92. The van der Waals surface area contributed by atoms with Crippen LogP contribution in [0.25, 0.3) is 10.9 Å². The zero-order valence-corrected chi connectivity index (χ0v) is 15.7. The second kappa shape index (κ2) is 7.73. The summed E-state index contributed by atoms with van der Waals surface area (Å²) in [6.45, 7) is 3.58. The normalized spacial score (nSPS) is 16.9. The maximum atomic E-state index is 13.0. The van der Waals surface area contributed by atoms with Crippen LogP contribution in [-0.4, -0.2) is 36.0 Å². The Labute approximate surface area is 157 Å². The van der Waals surface area contributed by atoms with Crippen LogP contribution >= 0.6 is 0 Å². The minimum Gasteiger partial charge on any atom is -0.449 e. The van der Waals surface area contributed by atoms with Crippen LogP contribution < -0.4 is 10.6 Å². The van der Waals surface area contributed by atoms with Gasteiger partial charge in [-0.1, -0.05) is 25.1 Å². The zero-order chi connectivity index (χ0) is 19.6. The Balaban J connectivity index is 1.95. The second-order valence-electron chi connectivity index (χ2n) is 6.89. The molecule has 1 aromatic heterocycles. The first-order chi connectivity index (χ1) is 12.9. The number of amides is 3. The van der Waals surface area contributed by atoms with Gasteiger partial charge in [0.15, 0.2) is 6.10 Å². The van der Waals surface area contributed by atoms with Gasteiger partial charge in [0.2, 0.25) is 0 Å². The van der Waals surface area contributed by atoms with Gasteiger partial charge in [-0.05, 0) is 43.7 Å². The number of fused-ring (bicyclic) bond motifs is 2. The predicted molar refractivity (Wildman–Crippen MR) is 100 cm³/mol. The lowest BCUT2D eigenvalue weighted by Gasteiger charge is -2.24. The highest BCUT2D eigenvalue weighted by molar-refractivity contribution is 6.06. The minimum atomic E-state index is -1.10. The quantitative estimate of drug-likeness (QED) is 0.810. The Morgan fingerprint density at radius 1 is 1.26 bits per heavy atom. The summed E-state index contributed by atoms with van der Waals surface area (Å²) in [4.78, 5) is 41.0. The fourth-order valence-corrected chi connectivity index (χ4v) is 3.34. The molecule has 142 valence electrons. The van der Waals surface area contributed by atoms with Gasteiger partial charge in [-0.2, -0.15) is 0 Å². The summed E-state index contributed by atoms with van der Waals surface area (Å²) >= 11 is 0. The van der Waals surface area contributed by atoms with Crippen LogP contribution in [0.2, 0.25) is 0 Å². The fraction of sp³-hybridized carbons (Fsp3) is 0.400. The molecular weight excluding hydrogens is 346 g/mol. The van der Waals surface area contributed by atoms with Gasteiger partial charge in [-0.15, -0.1) is 0 Å². The number of nitrogens with one attached hydrogen (secondary N) is 2. The molecule has 2 N–H and O–H groups in total. The Bertz CT molecular complexity index is 909. The Morgan fingerprint density at radius 3 is 2.74 bits per heavy atom. The molecular formula is C20H23N3O4. The maximum absolute atomic E-state index is 13.0. The summed E-state index contributed by atoms with van der Waals surface area (Å²) in [5.74, 6) is -0.803. The molecule has 7 heteroatoms. The standard InChI is InChI=1S/C20H23N3O4/c1-11-8-9-16-14(10-11)17(13-6-4-5-7-15(13)22-16)19(25)27-12(2)18(24)23-20(26)21-3/h4-7,11-12H,8-10H2,1-3H3,(H2,21,23,24,26)/t11-,12+/m0/s1. The van der Waals surface area contributed by atoms with Crippen molar-refractivity contribution >= 4 is 28.8 Å². The van der Waals surface area contributed by atoms with Crippen LogP contribution in [0, 0.1) is 5.92 Å². The first-order valence-electron chi connectivity index (χ1n) is 9.04. The number of hydrogen-bond acceptors (Lipinski definition) is 5. The van der Waals surface area contributed by atoms with Gasteiger partial charge >= 0.3 is 12.0 Å². The maximum Gasteiger partial charge on any atom is 0.339 e. The summed E-state index contributed by atoms with van der Waals surface area (Å²) in [7, 11) is 1.40. The van der Waals surface area contributed by atoms with Crippen molar-refractivity contribution in [2.24, 2.45) is 5.92 Å². The van der Waals surface area contributed by atoms with E-state index in [1.54, 1.807) is 0 Å². The first kappa shape index (κ1) is 18.8. The number of esters is 1. The van der Waals surface area contributed by atoms with Gasteiger partial charge in [0, 0.05) is 18.1 Å². The van der Waals surface area contributed by atoms with Crippen molar-refractivity contribution in [2.75, 3.05) is 7.05 Å². The van der Waals surface area contributed by atoms with Crippen LogP contribution in [-0.2, 0) is 22.4 Å². The number of ether oxygens (including phenoxy) is 1. The number of urea groups is 1. The average Bonchev–Trinajstić information content (AvgIpc) is 2.65. The Morgan fingerprint density at radius 2 is 2.00 bits per heavy atom. The Kier molecular flexibility index (Phi) is 5.39. The van der Waals surface area contributed by atoms with E-state index in [0.717, 1.165) is 36.0 Å². The van der Waals surface area contributed by atoms with Crippen molar-refractivity contribution in [1.82, 2.24) is 15.6 Å². The third-order valence-electron chi connectivity index (χ3n) is 4.83. The molecule has 0 saturated heterocycles. The molecule has 1 aromatic carbocycles. The summed E-state index contributed by atoms with van der Waals surface area (Å²) in [6.07, 6.45) is 1.49. The number of pyridine rings is 1. The molecule has 1 aliphatic carbocycles. The topological polar surface area (TPSA) is 97.4 Å². The van der Waals surface area contributed by atoms with E-state index in [1.807, 2.05) is 24.3 Å². The van der Waals surface area contributed by atoms with Crippen molar-refractivity contribution in [3.63, 3.8) is 0 Å². The molecule has 0 unspecified atom stereocenters. The van der Waals surface area contributed by atoms with Crippen LogP contribution in [0.1, 0.15) is 41.9 Å². The van der Waals surface area contributed by atoms with Gasteiger partial charge < -0.3 is 10.1 Å². The molecule has 3 rings (SSSR count). The van der Waals surface area contributed by atoms with Gasteiger partial charge in [0.05, 0.1) is 11.1 Å². The van der Waals surface area contributed by atoms with Crippen LogP contribution in [0.3, 0.4) is 0 Å². The van der Waals surface area contributed by atoms with Crippen LogP contribution in [0.5, 0.6) is 0 Å². The van der Waals surface area contributed by atoms with Gasteiger partial charge in [-0.3, -0.25) is 15.1 Å². The number of imide groups is 1. The molecule has 1 heterocycles. The van der Waals surface area contributed by atoms with Crippen molar-refractivity contribution < 1.29 is 19.1 Å². The van der Waals surface area contributed by atoms with E-state index in [2.05, 4.69) is 17.6 Å². The van der Waals surface area contributed by atoms with Crippen LogP contribution in [0.4, 0.5) is 4.79 Å². The number of nitrogens with zero attached hydrogens (tertiary/aromatic N) is 1. The van der Waals surface area contributed by atoms with E-state index >= 15 is 0 Å².